The second-order valence-electron chi connectivity index (χ2n) is 4.41. The van der Waals surface area contributed by atoms with E-state index >= 15 is 0 Å². The molecule has 1 saturated carbocycles. The SMILES string of the molecule is CCN(C)c1sc(C(C)=O)c(N)c1C1CC1. The number of nitrogen functional groups attached to an aromatic ring is 1. The number of nitrogens with two attached hydrogens (primary N) is 1. The van der Waals surface area contributed by atoms with Gasteiger partial charge in [0.05, 0.1) is 15.6 Å². The van der Waals surface area contributed by atoms with Gasteiger partial charge in [0.15, 0.2) is 5.78 Å². The molecule has 88 valence electrons. The van der Waals surface area contributed by atoms with Gasteiger partial charge < -0.3 is 10.6 Å². The fourth-order valence-electron chi connectivity index (χ4n) is 1.90. The van der Waals surface area contributed by atoms with Crippen LogP contribution in [0, 0.1) is 0 Å². The quantitative estimate of drug-likeness (QED) is 0.820. The Hall–Kier alpha value is -1.03. The molecule has 1 heterocycles. The summed E-state index contributed by atoms with van der Waals surface area (Å²) in [6.45, 7) is 4.64. The molecule has 0 bridgehead atoms. The van der Waals surface area contributed by atoms with Crippen molar-refractivity contribution in [3.63, 3.8) is 0 Å². The zero-order chi connectivity index (χ0) is 11.9. The van der Waals surface area contributed by atoms with Crippen LogP contribution in [0.15, 0.2) is 0 Å². The van der Waals surface area contributed by atoms with Gasteiger partial charge in [0.2, 0.25) is 0 Å². The smallest absolute Gasteiger partial charge is 0.171 e. The fourth-order valence-corrected chi connectivity index (χ4v) is 3.13. The Labute approximate surface area is 100 Å². The summed E-state index contributed by atoms with van der Waals surface area (Å²) in [5.41, 5.74) is 8.05. The number of nitrogens with zero attached hydrogens (tertiary/aromatic N) is 1. The van der Waals surface area contributed by atoms with Crippen molar-refractivity contribution in [2.24, 2.45) is 0 Å². The Morgan fingerprint density at radius 2 is 2.19 bits per heavy atom. The summed E-state index contributed by atoms with van der Waals surface area (Å²) < 4.78 is 0. The summed E-state index contributed by atoms with van der Waals surface area (Å²) in [5.74, 6) is 0.675. The predicted molar refractivity (Wildman–Crippen MR) is 69.7 cm³/mol. The summed E-state index contributed by atoms with van der Waals surface area (Å²) in [7, 11) is 2.06. The highest BCUT2D eigenvalue weighted by Gasteiger charge is 2.33. The molecule has 1 fully saturated rings. The van der Waals surface area contributed by atoms with E-state index in [9.17, 15) is 4.79 Å². The van der Waals surface area contributed by atoms with Gasteiger partial charge in [-0.05, 0) is 25.7 Å². The zero-order valence-electron chi connectivity index (χ0n) is 10.0. The van der Waals surface area contributed by atoms with E-state index < -0.39 is 0 Å². The van der Waals surface area contributed by atoms with Crippen LogP contribution < -0.4 is 10.6 Å². The number of Topliss-reactive ketones (excluding diaryl/α,β-unsaturated/α-hetero) is 1. The van der Waals surface area contributed by atoms with Gasteiger partial charge >= 0.3 is 0 Å². The van der Waals surface area contributed by atoms with Crippen LogP contribution in [-0.4, -0.2) is 19.4 Å². The van der Waals surface area contributed by atoms with Gasteiger partial charge in [0, 0.05) is 26.1 Å². The van der Waals surface area contributed by atoms with E-state index in [0.29, 0.717) is 5.92 Å². The van der Waals surface area contributed by atoms with Crippen LogP contribution in [0.5, 0.6) is 0 Å². The minimum atomic E-state index is 0.0835. The summed E-state index contributed by atoms with van der Waals surface area (Å²) in [6.07, 6.45) is 2.42. The van der Waals surface area contributed by atoms with Crippen LogP contribution in [0.4, 0.5) is 10.7 Å². The highest BCUT2D eigenvalue weighted by atomic mass is 32.1. The van der Waals surface area contributed by atoms with E-state index in [1.807, 2.05) is 0 Å². The van der Waals surface area contributed by atoms with Crippen molar-refractivity contribution in [3.8, 4) is 0 Å². The molecule has 3 nitrogen and oxygen atoms in total. The number of carbonyl (C=O) groups excluding carboxylic acids is 1. The van der Waals surface area contributed by atoms with Crippen molar-refractivity contribution >= 4 is 27.8 Å². The first-order valence-electron chi connectivity index (χ1n) is 5.70. The molecule has 16 heavy (non-hydrogen) atoms. The normalized spacial score (nSPS) is 15.2. The first-order valence-corrected chi connectivity index (χ1v) is 6.52. The molecule has 0 aliphatic heterocycles. The lowest BCUT2D eigenvalue weighted by atomic mass is 10.1. The van der Waals surface area contributed by atoms with Crippen molar-refractivity contribution in [2.75, 3.05) is 24.2 Å². The molecule has 4 heteroatoms. The van der Waals surface area contributed by atoms with E-state index in [0.717, 1.165) is 17.1 Å². The topological polar surface area (TPSA) is 46.3 Å². The molecule has 0 atom stereocenters. The molecule has 2 N–H and O–H groups in total. The van der Waals surface area contributed by atoms with Crippen molar-refractivity contribution in [1.82, 2.24) is 0 Å². The average Bonchev–Trinajstić information content (AvgIpc) is 3.01. The summed E-state index contributed by atoms with van der Waals surface area (Å²) in [4.78, 5) is 14.4. The van der Waals surface area contributed by atoms with Crippen molar-refractivity contribution in [2.45, 2.75) is 32.6 Å². The maximum absolute atomic E-state index is 11.5. The summed E-state index contributed by atoms with van der Waals surface area (Å²) in [6, 6.07) is 0. The Morgan fingerprint density at radius 3 is 2.62 bits per heavy atom. The van der Waals surface area contributed by atoms with Crippen molar-refractivity contribution in [1.29, 1.82) is 0 Å². The van der Waals surface area contributed by atoms with E-state index in [-0.39, 0.29) is 5.78 Å². The molecule has 1 aromatic heterocycles. The molecule has 2 rings (SSSR count). The first-order chi connectivity index (χ1) is 7.56. The molecule has 0 unspecified atom stereocenters. The van der Waals surface area contributed by atoms with Gasteiger partial charge in [0.1, 0.15) is 0 Å². The minimum Gasteiger partial charge on any atom is -0.397 e. The average molecular weight is 238 g/mol. The van der Waals surface area contributed by atoms with E-state index in [1.165, 1.54) is 23.4 Å². The second-order valence-corrected chi connectivity index (χ2v) is 5.41. The molecule has 1 aliphatic rings. The van der Waals surface area contributed by atoms with Gasteiger partial charge in [-0.15, -0.1) is 11.3 Å². The van der Waals surface area contributed by atoms with Crippen LogP contribution in [0.2, 0.25) is 0 Å². The highest BCUT2D eigenvalue weighted by Crippen LogP contribution is 2.51. The lowest BCUT2D eigenvalue weighted by molar-refractivity contribution is 0.102. The number of anilines is 2. The van der Waals surface area contributed by atoms with Gasteiger partial charge in [-0.1, -0.05) is 0 Å². The Kier molecular flexibility index (Phi) is 2.93. The summed E-state index contributed by atoms with van der Waals surface area (Å²) in [5, 5.41) is 1.19. The molecule has 0 spiro atoms. The van der Waals surface area contributed by atoms with Crippen molar-refractivity contribution < 1.29 is 4.79 Å². The lowest BCUT2D eigenvalue weighted by Gasteiger charge is -2.16. The number of ketones is 1. The zero-order valence-corrected chi connectivity index (χ0v) is 10.9. The monoisotopic (exact) mass is 238 g/mol. The molecule has 1 aliphatic carbocycles. The number of hydrogen-bond donors (Lipinski definition) is 1. The van der Waals surface area contributed by atoms with Gasteiger partial charge in [-0.3, -0.25) is 4.79 Å². The van der Waals surface area contributed by atoms with Gasteiger partial charge in [0.25, 0.3) is 0 Å². The van der Waals surface area contributed by atoms with Crippen molar-refractivity contribution in [3.05, 3.63) is 10.4 Å². The third-order valence-corrected chi connectivity index (χ3v) is 4.53. The van der Waals surface area contributed by atoms with Crippen LogP contribution in [0.3, 0.4) is 0 Å². The summed E-state index contributed by atoms with van der Waals surface area (Å²) >= 11 is 1.55. The standard InChI is InChI=1S/C12H18N2OS/c1-4-14(3)12-9(8-5-6-8)10(13)11(16-12)7(2)15/h8H,4-6,13H2,1-3H3. The number of rotatable bonds is 4. The first kappa shape index (κ1) is 11.5. The van der Waals surface area contributed by atoms with Crippen LogP contribution in [0.25, 0.3) is 0 Å². The molecule has 0 saturated heterocycles. The van der Waals surface area contributed by atoms with Crippen LogP contribution in [0.1, 0.15) is 47.8 Å². The Bertz CT molecular complexity index is 421. The third kappa shape index (κ3) is 1.82. The maximum atomic E-state index is 11.5. The van der Waals surface area contributed by atoms with Gasteiger partial charge in [-0.25, -0.2) is 0 Å². The van der Waals surface area contributed by atoms with Crippen LogP contribution >= 0.6 is 11.3 Å². The Balaban J connectivity index is 2.49. The van der Waals surface area contributed by atoms with Crippen LogP contribution in [-0.2, 0) is 0 Å². The van der Waals surface area contributed by atoms with E-state index in [4.69, 9.17) is 5.73 Å². The Morgan fingerprint density at radius 1 is 1.56 bits per heavy atom. The number of thiophene rings is 1. The van der Waals surface area contributed by atoms with E-state index in [2.05, 4.69) is 18.9 Å². The highest BCUT2D eigenvalue weighted by molar-refractivity contribution is 7.18. The number of carbonyl (C=O) groups is 1. The van der Waals surface area contributed by atoms with E-state index in [1.54, 1.807) is 18.3 Å². The maximum Gasteiger partial charge on any atom is 0.171 e. The predicted octanol–water partition coefficient (Wildman–Crippen LogP) is 2.87. The third-order valence-electron chi connectivity index (χ3n) is 3.09. The molecular formula is C12H18N2OS. The molecule has 0 radical (unpaired) electrons. The fraction of sp³-hybridized carbons (Fsp3) is 0.583. The lowest BCUT2D eigenvalue weighted by Crippen LogP contribution is -2.15. The molecule has 0 amide bonds. The molecule has 1 aromatic rings. The molecular weight excluding hydrogens is 220 g/mol. The molecule has 0 aromatic carbocycles. The van der Waals surface area contributed by atoms with Gasteiger partial charge in [-0.2, -0.15) is 0 Å². The minimum absolute atomic E-state index is 0.0835. The largest absolute Gasteiger partial charge is 0.397 e. The number of hydrogen-bond acceptors (Lipinski definition) is 4. The second kappa shape index (κ2) is 4.09.